The van der Waals surface area contributed by atoms with Crippen molar-refractivity contribution in [2.75, 3.05) is 14.2 Å². The minimum Gasteiger partial charge on any atom is -0.493 e. The van der Waals surface area contributed by atoms with E-state index in [9.17, 15) is 0 Å². The van der Waals surface area contributed by atoms with E-state index in [2.05, 4.69) is 50.2 Å². The summed E-state index contributed by atoms with van der Waals surface area (Å²) in [6.45, 7) is 4.32. The van der Waals surface area contributed by atoms with Crippen LogP contribution in [0, 0.1) is 6.92 Å². The van der Waals surface area contributed by atoms with Crippen molar-refractivity contribution in [3.63, 3.8) is 0 Å². The Balaban J connectivity index is 2.22. The fraction of sp³-hybridized carbons (Fsp3) is 0.333. The minimum absolute atomic E-state index is 0.410. The molecule has 2 rings (SSSR count). The van der Waals surface area contributed by atoms with E-state index < -0.39 is 0 Å². The SMILES string of the molecule is CCC(Sc1ccc(C)cc1)c1ccc(OC)c(OC)c1. The van der Waals surface area contributed by atoms with Gasteiger partial charge in [-0.3, -0.25) is 0 Å². The van der Waals surface area contributed by atoms with E-state index >= 15 is 0 Å². The normalized spacial score (nSPS) is 12.0. The molecule has 0 spiro atoms. The maximum absolute atomic E-state index is 5.40. The third kappa shape index (κ3) is 3.94. The molecule has 3 heteroatoms. The lowest BCUT2D eigenvalue weighted by molar-refractivity contribution is 0.354. The van der Waals surface area contributed by atoms with Gasteiger partial charge in [-0.1, -0.05) is 30.7 Å². The lowest BCUT2D eigenvalue weighted by atomic mass is 10.1. The van der Waals surface area contributed by atoms with Gasteiger partial charge in [0.15, 0.2) is 11.5 Å². The lowest BCUT2D eigenvalue weighted by Crippen LogP contribution is -1.96. The average Bonchev–Trinajstić information content (AvgIpc) is 2.53. The van der Waals surface area contributed by atoms with E-state index in [1.54, 1.807) is 14.2 Å². The summed E-state index contributed by atoms with van der Waals surface area (Å²) in [5.74, 6) is 1.56. The Bertz CT molecular complexity index is 578. The number of aryl methyl sites for hydroxylation is 1. The molecule has 21 heavy (non-hydrogen) atoms. The summed E-state index contributed by atoms with van der Waals surface area (Å²) in [6, 6.07) is 14.9. The van der Waals surface area contributed by atoms with Gasteiger partial charge in [-0.25, -0.2) is 0 Å². The number of ether oxygens (including phenoxy) is 2. The quantitative estimate of drug-likeness (QED) is 0.678. The van der Waals surface area contributed by atoms with Crippen LogP contribution in [0.15, 0.2) is 47.4 Å². The lowest BCUT2D eigenvalue weighted by Gasteiger charge is -2.17. The Kier molecular flexibility index (Phi) is 5.57. The molecule has 0 aliphatic carbocycles. The second kappa shape index (κ2) is 7.41. The molecule has 1 atom stereocenters. The zero-order valence-electron chi connectivity index (χ0n) is 13.1. The summed E-state index contributed by atoms with van der Waals surface area (Å²) in [5.41, 5.74) is 2.55. The highest BCUT2D eigenvalue weighted by Gasteiger charge is 2.14. The number of methoxy groups -OCH3 is 2. The highest BCUT2D eigenvalue weighted by molar-refractivity contribution is 7.99. The van der Waals surface area contributed by atoms with Gasteiger partial charge in [0.2, 0.25) is 0 Å². The first-order valence-corrected chi connectivity index (χ1v) is 8.01. The predicted octanol–water partition coefficient (Wildman–Crippen LogP) is 5.26. The number of hydrogen-bond donors (Lipinski definition) is 0. The molecule has 0 N–H and O–H groups in total. The van der Waals surface area contributed by atoms with Crippen LogP contribution in [0.4, 0.5) is 0 Å². The van der Waals surface area contributed by atoms with Crippen molar-refractivity contribution in [1.82, 2.24) is 0 Å². The van der Waals surface area contributed by atoms with E-state index in [0.717, 1.165) is 17.9 Å². The molecular formula is C18H22O2S. The maximum atomic E-state index is 5.40. The highest BCUT2D eigenvalue weighted by atomic mass is 32.2. The molecule has 0 aliphatic rings. The van der Waals surface area contributed by atoms with E-state index in [-0.39, 0.29) is 0 Å². The second-order valence-corrected chi connectivity index (χ2v) is 6.22. The number of rotatable bonds is 6. The molecular weight excluding hydrogens is 280 g/mol. The van der Waals surface area contributed by atoms with E-state index in [1.165, 1.54) is 16.0 Å². The number of hydrogen-bond acceptors (Lipinski definition) is 3. The van der Waals surface area contributed by atoms with Crippen LogP contribution in [-0.4, -0.2) is 14.2 Å². The first-order chi connectivity index (χ1) is 10.2. The first-order valence-electron chi connectivity index (χ1n) is 7.13. The molecule has 0 aromatic heterocycles. The molecule has 2 aromatic rings. The minimum atomic E-state index is 0.410. The Hall–Kier alpha value is -1.61. The Morgan fingerprint density at radius 2 is 1.62 bits per heavy atom. The molecule has 0 fully saturated rings. The molecule has 0 heterocycles. The van der Waals surface area contributed by atoms with E-state index in [4.69, 9.17) is 9.47 Å². The standard InChI is InChI=1S/C18H22O2S/c1-5-18(21-15-9-6-13(2)7-10-15)14-8-11-16(19-3)17(12-14)20-4/h6-12,18H,5H2,1-4H3. The van der Waals surface area contributed by atoms with Gasteiger partial charge in [-0.05, 0) is 43.2 Å². The third-order valence-corrected chi connectivity index (χ3v) is 4.88. The van der Waals surface area contributed by atoms with Crippen LogP contribution in [0.1, 0.15) is 29.7 Å². The van der Waals surface area contributed by atoms with Crippen LogP contribution < -0.4 is 9.47 Å². The predicted molar refractivity (Wildman–Crippen MR) is 89.6 cm³/mol. The van der Waals surface area contributed by atoms with Crippen molar-refractivity contribution in [3.8, 4) is 11.5 Å². The summed E-state index contributed by atoms with van der Waals surface area (Å²) < 4.78 is 10.7. The first kappa shape index (κ1) is 15.8. The van der Waals surface area contributed by atoms with Crippen LogP contribution in [0.3, 0.4) is 0 Å². The fourth-order valence-corrected chi connectivity index (χ4v) is 3.29. The molecule has 112 valence electrons. The van der Waals surface area contributed by atoms with Gasteiger partial charge < -0.3 is 9.47 Å². The van der Waals surface area contributed by atoms with Gasteiger partial charge in [-0.15, -0.1) is 11.8 Å². The van der Waals surface area contributed by atoms with Crippen molar-refractivity contribution in [2.45, 2.75) is 30.4 Å². The maximum Gasteiger partial charge on any atom is 0.161 e. The highest BCUT2D eigenvalue weighted by Crippen LogP contribution is 2.40. The van der Waals surface area contributed by atoms with Crippen LogP contribution in [0.5, 0.6) is 11.5 Å². The van der Waals surface area contributed by atoms with Gasteiger partial charge in [0.25, 0.3) is 0 Å². The summed E-state index contributed by atoms with van der Waals surface area (Å²) in [6.07, 6.45) is 1.06. The van der Waals surface area contributed by atoms with Crippen LogP contribution >= 0.6 is 11.8 Å². The molecule has 0 saturated heterocycles. The molecule has 0 amide bonds. The molecule has 0 saturated carbocycles. The number of thioether (sulfide) groups is 1. The zero-order valence-corrected chi connectivity index (χ0v) is 13.9. The van der Waals surface area contributed by atoms with Crippen molar-refractivity contribution < 1.29 is 9.47 Å². The van der Waals surface area contributed by atoms with Crippen LogP contribution in [0.25, 0.3) is 0 Å². The summed E-state index contributed by atoms with van der Waals surface area (Å²) in [4.78, 5) is 1.29. The summed E-state index contributed by atoms with van der Waals surface area (Å²) in [7, 11) is 3.34. The van der Waals surface area contributed by atoms with Crippen molar-refractivity contribution in [3.05, 3.63) is 53.6 Å². The number of benzene rings is 2. The topological polar surface area (TPSA) is 18.5 Å². The Labute approximate surface area is 131 Å². The molecule has 0 aliphatic heterocycles. The van der Waals surface area contributed by atoms with Gasteiger partial charge in [-0.2, -0.15) is 0 Å². The average molecular weight is 302 g/mol. The molecule has 0 radical (unpaired) electrons. The van der Waals surface area contributed by atoms with Crippen molar-refractivity contribution in [2.24, 2.45) is 0 Å². The van der Waals surface area contributed by atoms with E-state index in [0.29, 0.717) is 5.25 Å². The zero-order chi connectivity index (χ0) is 15.2. The van der Waals surface area contributed by atoms with Gasteiger partial charge in [0.1, 0.15) is 0 Å². The summed E-state index contributed by atoms with van der Waals surface area (Å²) >= 11 is 1.89. The smallest absolute Gasteiger partial charge is 0.161 e. The van der Waals surface area contributed by atoms with Gasteiger partial charge in [0, 0.05) is 10.1 Å². The summed E-state index contributed by atoms with van der Waals surface area (Å²) in [5, 5.41) is 0.410. The molecule has 1 unspecified atom stereocenters. The van der Waals surface area contributed by atoms with Gasteiger partial charge >= 0.3 is 0 Å². The largest absolute Gasteiger partial charge is 0.493 e. The molecule has 0 bridgehead atoms. The van der Waals surface area contributed by atoms with Crippen LogP contribution in [0.2, 0.25) is 0 Å². The third-order valence-electron chi connectivity index (χ3n) is 3.45. The van der Waals surface area contributed by atoms with Crippen LogP contribution in [-0.2, 0) is 0 Å². The monoisotopic (exact) mass is 302 g/mol. The van der Waals surface area contributed by atoms with Crippen molar-refractivity contribution >= 4 is 11.8 Å². The molecule has 2 nitrogen and oxygen atoms in total. The van der Waals surface area contributed by atoms with Crippen molar-refractivity contribution in [1.29, 1.82) is 0 Å². The Morgan fingerprint density at radius 1 is 0.952 bits per heavy atom. The van der Waals surface area contributed by atoms with Gasteiger partial charge in [0.05, 0.1) is 14.2 Å². The van der Waals surface area contributed by atoms with E-state index in [1.807, 2.05) is 17.8 Å². The fourth-order valence-electron chi connectivity index (χ4n) is 2.22. The second-order valence-electron chi connectivity index (χ2n) is 4.94. The Morgan fingerprint density at radius 3 is 2.19 bits per heavy atom. The molecule has 2 aromatic carbocycles.